The van der Waals surface area contributed by atoms with Crippen LogP contribution >= 0.6 is 23.7 Å². The number of thiazole rings is 1. The van der Waals surface area contributed by atoms with E-state index in [1.807, 2.05) is 19.0 Å². The number of fused-ring (bicyclic) bond motifs is 1. The van der Waals surface area contributed by atoms with Crippen molar-refractivity contribution in [2.75, 3.05) is 46.3 Å². The maximum Gasteiger partial charge on any atom is 0.286 e. The SMILES string of the molecule is COc1cc(C(=O)N(CCN(C)C)c2nc3ccc(F)cc3s2)c([N+](=O)[O-])cc1OC.Cl. The molecule has 0 saturated heterocycles. The lowest BCUT2D eigenvalue weighted by atomic mass is 10.1. The molecule has 3 rings (SSSR count). The molecule has 1 amide bonds. The number of ether oxygens (including phenoxy) is 2. The van der Waals surface area contributed by atoms with E-state index >= 15 is 0 Å². The molecule has 0 spiro atoms. The number of halogens is 2. The second kappa shape index (κ2) is 10.5. The lowest BCUT2D eigenvalue weighted by Gasteiger charge is -2.22. The summed E-state index contributed by atoms with van der Waals surface area (Å²) in [6, 6.07) is 6.60. The van der Waals surface area contributed by atoms with Gasteiger partial charge in [0.2, 0.25) is 0 Å². The molecule has 9 nitrogen and oxygen atoms in total. The summed E-state index contributed by atoms with van der Waals surface area (Å²) in [6.45, 7) is 0.705. The molecule has 0 unspecified atom stereocenters. The Morgan fingerprint density at radius 2 is 1.81 bits per heavy atom. The highest BCUT2D eigenvalue weighted by atomic mass is 35.5. The summed E-state index contributed by atoms with van der Waals surface area (Å²) in [5.41, 5.74) is -0.0395. The number of anilines is 1. The highest BCUT2D eigenvalue weighted by molar-refractivity contribution is 7.22. The van der Waals surface area contributed by atoms with E-state index in [9.17, 15) is 19.3 Å². The summed E-state index contributed by atoms with van der Waals surface area (Å²) in [5.74, 6) is -0.699. The summed E-state index contributed by atoms with van der Waals surface area (Å²) < 4.78 is 24.5. The van der Waals surface area contributed by atoms with Crippen molar-refractivity contribution in [2.24, 2.45) is 0 Å². The van der Waals surface area contributed by atoms with Gasteiger partial charge in [0.1, 0.15) is 11.4 Å². The molecular formula is C20H22ClFN4O5S. The van der Waals surface area contributed by atoms with Crippen LogP contribution in [0.1, 0.15) is 10.4 Å². The van der Waals surface area contributed by atoms with E-state index in [2.05, 4.69) is 4.98 Å². The van der Waals surface area contributed by atoms with Crippen molar-refractivity contribution >= 4 is 50.7 Å². The van der Waals surface area contributed by atoms with Gasteiger partial charge in [0.25, 0.3) is 11.6 Å². The van der Waals surface area contributed by atoms with Crippen LogP contribution in [0.5, 0.6) is 11.5 Å². The standard InChI is InChI=1S/C20H21FN4O5S.ClH/c1-23(2)7-8-24(20-22-14-6-5-12(21)9-18(14)31-20)19(26)13-10-16(29-3)17(30-4)11-15(13)25(27)28;/h5-6,9-11H,7-8H2,1-4H3;1H. The number of nitro benzene ring substituents is 1. The van der Waals surface area contributed by atoms with E-state index in [1.54, 1.807) is 0 Å². The molecule has 12 heteroatoms. The number of amides is 1. The van der Waals surface area contributed by atoms with Crippen molar-refractivity contribution in [2.45, 2.75) is 0 Å². The van der Waals surface area contributed by atoms with Gasteiger partial charge in [0.15, 0.2) is 16.6 Å². The highest BCUT2D eigenvalue weighted by Crippen LogP contribution is 2.37. The van der Waals surface area contributed by atoms with Gasteiger partial charge in [-0.25, -0.2) is 9.37 Å². The largest absolute Gasteiger partial charge is 0.493 e. The number of nitrogens with zero attached hydrogens (tertiary/aromatic N) is 4. The first-order valence-electron chi connectivity index (χ1n) is 9.18. The van der Waals surface area contributed by atoms with Gasteiger partial charge in [-0.2, -0.15) is 0 Å². The lowest BCUT2D eigenvalue weighted by molar-refractivity contribution is -0.385. The normalized spacial score (nSPS) is 10.7. The zero-order valence-corrected chi connectivity index (χ0v) is 19.5. The number of carbonyl (C=O) groups is 1. The maximum absolute atomic E-state index is 13.6. The molecule has 3 aromatic rings. The minimum absolute atomic E-state index is 0. The molecule has 0 aliphatic rings. The fraction of sp³-hybridized carbons (Fsp3) is 0.300. The third-order valence-electron chi connectivity index (χ3n) is 4.52. The Morgan fingerprint density at radius 1 is 1.16 bits per heavy atom. The molecule has 0 N–H and O–H groups in total. The predicted molar refractivity (Wildman–Crippen MR) is 123 cm³/mol. The zero-order chi connectivity index (χ0) is 22.7. The van der Waals surface area contributed by atoms with E-state index in [4.69, 9.17) is 9.47 Å². The maximum atomic E-state index is 13.6. The van der Waals surface area contributed by atoms with Gasteiger partial charge in [-0.15, -0.1) is 12.4 Å². The summed E-state index contributed by atoms with van der Waals surface area (Å²) >= 11 is 1.14. The quantitative estimate of drug-likeness (QED) is 0.352. The van der Waals surface area contributed by atoms with Crippen LogP contribution in [0.4, 0.5) is 15.2 Å². The Bertz CT molecular complexity index is 1140. The Labute approximate surface area is 193 Å². The number of aromatic nitrogens is 1. The van der Waals surface area contributed by atoms with Crippen LogP contribution in [0, 0.1) is 15.9 Å². The van der Waals surface area contributed by atoms with Crippen LogP contribution < -0.4 is 14.4 Å². The average Bonchev–Trinajstić information content (AvgIpc) is 3.14. The number of benzene rings is 2. The fourth-order valence-corrected chi connectivity index (χ4v) is 3.94. The molecule has 0 bridgehead atoms. The van der Waals surface area contributed by atoms with E-state index in [0.717, 1.165) is 17.4 Å². The van der Waals surface area contributed by atoms with E-state index in [1.165, 1.54) is 43.4 Å². The van der Waals surface area contributed by atoms with Gasteiger partial charge in [0.05, 0.1) is 35.4 Å². The van der Waals surface area contributed by atoms with Crippen molar-refractivity contribution in [1.82, 2.24) is 9.88 Å². The summed E-state index contributed by atoms with van der Waals surface area (Å²) in [4.78, 5) is 32.2. The molecule has 0 atom stereocenters. The van der Waals surface area contributed by atoms with Crippen molar-refractivity contribution in [1.29, 1.82) is 0 Å². The zero-order valence-electron chi connectivity index (χ0n) is 17.8. The molecule has 0 aliphatic carbocycles. The average molecular weight is 485 g/mol. The fourth-order valence-electron chi connectivity index (χ4n) is 2.92. The van der Waals surface area contributed by atoms with E-state index in [-0.39, 0.29) is 36.0 Å². The Balaban J connectivity index is 0.00000363. The second-order valence-electron chi connectivity index (χ2n) is 6.85. The van der Waals surface area contributed by atoms with Crippen LogP contribution in [0.3, 0.4) is 0 Å². The smallest absolute Gasteiger partial charge is 0.286 e. The third-order valence-corrected chi connectivity index (χ3v) is 5.56. The van der Waals surface area contributed by atoms with Gasteiger partial charge in [0, 0.05) is 19.2 Å². The van der Waals surface area contributed by atoms with Crippen LogP contribution in [-0.2, 0) is 0 Å². The molecule has 1 heterocycles. The molecule has 172 valence electrons. The number of hydrogen-bond acceptors (Lipinski definition) is 8. The van der Waals surface area contributed by atoms with Crippen LogP contribution in [0.15, 0.2) is 30.3 Å². The summed E-state index contributed by atoms with van der Waals surface area (Å²) in [6.07, 6.45) is 0. The Hall–Kier alpha value is -3.02. The molecule has 32 heavy (non-hydrogen) atoms. The van der Waals surface area contributed by atoms with E-state index in [0.29, 0.717) is 21.9 Å². The third kappa shape index (κ3) is 5.23. The predicted octanol–water partition coefficient (Wildman–Crippen LogP) is 3.99. The summed E-state index contributed by atoms with van der Waals surface area (Å²) in [7, 11) is 6.42. The monoisotopic (exact) mass is 484 g/mol. The number of likely N-dealkylation sites (N-methyl/N-ethyl adjacent to an activating group) is 1. The molecule has 2 aromatic carbocycles. The first kappa shape index (κ1) is 25.2. The molecule has 0 aliphatic heterocycles. The first-order chi connectivity index (χ1) is 14.7. The number of nitro groups is 1. The number of carbonyl (C=O) groups excluding carboxylic acids is 1. The van der Waals surface area contributed by atoms with Gasteiger partial charge in [-0.05, 0) is 32.3 Å². The second-order valence-corrected chi connectivity index (χ2v) is 7.86. The van der Waals surface area contributed by atoms with E-state index < -0.39 is 22.3 Å². The van der Waals surface area contributed by atoms with Gasteiger partial charge in [-0.3, -0.25) is 19.8 Å². The van der Waals surface area contributed by atoms with Crippen LogP contribution in [0.2, 0.25) is 0 Å². The van der Waals surface area contributed by atoms with Crippen molar-refractivity contribution in [3.8, 4) is 11.5 Å². The molecule has 1 aromatic heterocycles. The van der Waals surface area contributed by atoms with Gasteiger partial charge >= 0.3 is 0 Å². The minimum atomic E-state index is -0.646. The topological polar surface area (TPSA) is 98.0 Å². The number of hydrogen-bond donors (Lipinski definition) is 0. The summed E-state index contributed by atoms with van der Waals surface area (Å²) in [5, 5.41) is 12.0. The molecule has 0 fully saturated rings. The molecular weight excluding hydrogens is 463 g/mol. The van der Waals surface area contributed by atoms with Crippen molar-refractivity contribution in [3.05, 3.63) is 51.8 Å². The minimum Gasteiger partial charge on any atom is -0.493 e. The van der Waals surface area contributed by atoms with Crippen molar-refractivity contribution < 1.29 is 23.6 Å². The Morgan fingerprint density at radius 3 is 2.41 bits per heavy atom. The van der Waals surface area contributed by atoms with Gasteiger partial charge < -0.3 is 14.4 Å². The molecule has 0 radical (unpaired) electrons. The van der Waals surface area contributed by atoms with Crippen LogP contribution in [-0.4, -0.2) is 62.1 Å². The lowest BCUT2D eigenvalue weighted by Crippen LogP contribution is -2.37. The van der Waals surface area contributed by atoms with Crippen molar-refractivity contribution in [3.63, 3.8) is 0 Å². The number of rotatable bonds is 8. The Kier molecular flexibility index (Phi) is 8.31. The van der Waals surface area contributed by atoms with Crippen LogP contribution in [0.25, 0.3) is 10.2 Å². The highest BCUT2D eigenvalue weighted by Gasteiger charge is 2.30. The van der Waals surface area contributed by atoms with Gasteiger partial charge in [-0.1, -0.05) is 11.3 Å². The first-order valence-corrected chi connectivity index (χ1v) is 10.00. The number of methoxy groups -OCH3 is 2. The molecule has 0 saturated carbocycles.